The molecule has 0 spiro atoms. The highest BCUT2D eigenvalue weighted by atomic mass is 32.1. The molecule has 1 aliphatic heterocycles. The Bertz CT molecular complexity index is 887. The fourth-order valence-corrected chi connectivity index (χ4v) is 5.20. The average Bonchev–Trinajstić information content (AvgIpc) is 3.18. The highest BCUT2D eigenvalue weighted by Crippen LogP contribution is 2.39. The van der Waals surface area contributed by atoms with Crippen molar-refractivity contribution in [3.05, 3.63) is 15.8 Å². The van der Waals surface area contributed by atoms with Crippen LogP contribution in [0.5, 0.6) is 0 Å². The van der Waals surface area contributed by atoms with Gasteiger partial charge in [0.1, 0.15) is 11.0 Å². The lowest BCUT2D eigenvalue weighted by Gasteiger charge is -2.44. The summed E-state index contributed by atoms with van der Waals surface area (Å²) in [5, 5.41) is 29.0. The fourth-order valence-electron chi connectivity index (χ4n) is 4.36. The SMILES string of the molecule is CC(C)(C)C#Cc1cc(N2C(=O)C(CC(O)CO)OCC2C2CCCCC2)c(C(=O)O)s1. The van der Waals surface area contributed by atoms with Crippen LogP contribution < -0.4 is 4.90 Å². The molecule has 2 heterocycles. The Kier molecular flexibility index (Phi) is 7.99. The molecule has 8 heteroatoms. The molecule has 0 radical (unpaired) electrons. The predicted octanol–water partition coefficient (Wildman–Crippen LogP) is 3.27. The van der Waals surface area contributed by atoms with E-state index in [2.05, 4.69) is 11.8 Å². The predicted molar refractivity (Wildman–Crippen MR) is 123 cm³/mol. The van der Waals surface area contributed by atoms with E-state index < -0.39 is 24.8 Å². The highest BCUT2D eigenvalue weighted by Gasteiger charge is 2.43. The molecule has 3 unspecified atom stereocenters. The van der Waals surface area contributed by atoms with Crippen molar-refractivity contribution in [2.24, 2.45) is 11.3 Å². The van der Waals surface area contributed by atoms with Crippen LogP contribution in [0.25, 0.3) is 0 Å². The van der Waals surface area contributed by atoms with Gasteiger partial charge in [0.15, 0.2) is 0 Å². The number of anilines is 1. The van der Waals surface area contributed by atoms with Crippen LogP contribution in [0.2, 0.25) is 0 Å². The third-order valence-corrected chi connectivity index (χ3v) is 6.96. The Labute approximate surface area is 193 Å². The molecule has 1 saturated carbocycles. The topological polar surface area (TPSA) is 107 Å². The molecular weight excluding hydrogens is 430 g/mol. The van der Waals surface area contributed by atoms with Crippen molar-refractivity contribution in [1.82, 2.24) is 0 Å². The maximum Gasteiger partial charge on any atom is 0.348 e. The minimum atomic E-state index is -1.09. The molecule has 7 nitrogen and oxygen atoms in total. The smallest absolute Gasteiger partial charge is 0.348 e. The van der Waals surface area contributed by atoms with Crippen LogP contribution in [0.4, 0.5) is 5.69 Å². The number of carbonyl (C=O) groups excluding carboxylic acids is 1. The molecule has 3 N–H and O–H groups in total. The van der Waals surface area contributed by atoms with E-state index in [1.807, 2.05) is 20.8 Å². The van der Waals surface area contributed by atoms with Gasteiger partial charge in [0.2, 0.25) is 0 Å². The molecule has 2 fully saturated rings. The molecule has 0 aromatic carbocycles. The van der Waals surface area contributed by atoms with Crippen LogP contribution >= 0.6 is 11.3 Å². The van der Waals surface area contributed by atoms with Gasteiger partial charge in [0, 0.05) is 11.8 Å². The number of carbonyl (C=O) groups is 2. The molecule has 32 heavy (non-hydrogen) atoms. The van der Waals surface area contributed by atoms with Gasteiger partial charge in [-0.2, -0.15) is 0 Å². The van der Waals surface area contributed by atoms with Gasteiger partial charge in [-0.05, 0) is 45.6 Å². The molecule has 1 aliphatic carbocycles. The quantitative estimate of drug-likeness (QED) is 0.559. The summed E-state index contributed by atoms with van der Waals surface area (Å²) in [6.45, 7) is 5.75. The summed E-state index contributed by atoms with van der Waals surface area (Å²) in [5.74, 6) is 4.95. The molecule has 3 atom stereocenters. The molecule has 1 aromatic rings. The number of hydrogen-bond acceptors (Lipinski definition) is 6. The number of rotatable bonds is 6. The number of hydrogen-bond donors (Lipinski definition) is 3. The standard InChI is InChI=1S/C24H33NO6S/c1-24(2,3)10-9-17-12-18(21(32-17)23(29)30)25-19(15-7-5-4-6-8-15)14-31-20(22(25)28)11-16(27)13-26/h12,15-16,19-20,26-27H,4-8,11,13-14H2,1-3H3,(H,29,30). The van der Waals surface area contributed by atoms with Gasteiger partial charge in [0.25, 0.3) is 5.91 Å². The first kappa shape index (κ1) is 24.7. The van der Waals surface area contributed by atoms with E-state index in [4.69, 9.17) is 4.74 Å². The summed E-state index contributed by atoms with van der Waals surface area (Å²) in [6.07, 6.45) is 3.20. The fraction of sp³-hybridized carbons (Fsp3) is 0.667. The molecule has 1 amide bonds. The van der Waals surface area contributed by atoms with Gasteiger partial charge in [-0.15, -0.1) is 11.3 Å². The third kappa shape index (κ3) is 5.90. The Morgan fingerprint density at radius 1 is 1.31 bits per heavy atom. The van der Waals surface area contributed by atoms with E-state index in [1.54, 1.807) is 11.0 Å². The van der Waals surface area contributed by atoms with E-state index in [0.29, 0.717) is 10.6 Å². The number of aliphatic hydroxyl groups excluding tert-OH is 2. The summed E-state index contributed by atoms with van der Waals surface area (Å²) in [6, 6.07) is 1.44. The monoisotopic (exact) mass is 463 g/mol. The van der Waals surface area contributed by atoms with Crippen LogP contribution in [-0.2, 0) is 9.53 Å². The van der Waals surface area contributed by atoms with Crippen LogP contribution in [0, 0.1) is 23.2 Å². The van der Waals surface area contributed by atoms with Crippen molar-refractivity contribution in [1.29, 1.82) is 0 Å². The Morgan fingerprint density at radius 3 is 2.59 bits per heavy atom. The third-order valence-electron chi connectivity index (χ3n) is 5.93. The van der Waals surface area contributed by atoms with Gasteiger partial charge in [-0.25, -0.2) is 4.79 Å². The summed E-state index contributed by atoms with van der Waals surface area (Å²) in [7, 11) is 0. The van der Waals surface area contributed by atoms with Gasteiger partial charge < -0.3 is 25.0 Å². The summed E-state index contributed by atoms with van der Waals surface area (Å²) < 4.78 is 5.85. The zero-order valence-electron chi connectivity index (χ0n) is 19.0. The summed E-state index contributed by atoms with van der Waals surface area (Å²) in [4.78, 5) is 27.9. The van der Waals surface area contributed by atoms with Crippen LogP contribution in [-0.4, -0.2) is 58.7 Å². The van der Waals surface area contributed by atoms with Crippen molar-refractivity contribution in [3.8, 4) is 11.8 Å². The number of thiophene rings is 1. The van der Waals surface area contributed by atoms with E-state index in [-0.39, 0.29) is 41.2 Å². The minimum absolute atomic E-state index is 0.0353. The van der Waals surface area contributed by atoms with Crippen molar-refractivity contribution in [2.45, 2.75) is 77.5 Å². The second-order valence-corrected chi connectivity index (χ2v) is 10.8. The Hall–Kier alpha value is -1.92. The average molecular weight is 464 g/mol. The van der Waals surface area contributed by atoms with E-state index >= 15 is 0 Å². The van der Waals surface area contributed by atoms with Gasteiger partial charge >= 0.3 is 5.97 Å². The number of ether oxygens (including phenoxy) is 1. The van der Waals surface area contributed by atoms with Crippen molar-refractivity contribution >= 4 is 28.9 Å². The lowest BCUT2D eigenvalue weighted by Crippen LogP contribution is -2.58. The Morgan fingerprint density at radius 2 is 2.00 bits per heavy atom. The molecule has 1 saturated heterocycles. The van der Waals surface area contributed by atoms with Crippen LogP contribution in [0.3, 0.4) is 0 Å². The number of carboxylic acid groups (broad SMARTS) is 1. The molecule has 176 valence electrons. The second kappa shape index (κ2) is 10.3. The van der Waals surface area contributed by atoms with E-state index in [9.17, 15) is 24.9 Å². The number of carboxylic acids is 1. The first-order chi connectivity index (χ1) is 15.1. The largest absolute Gasteiger partial charge is 0.477 e. The zero-order chi connectivity index (χ0) is 23.5. The van der Waals surface area contributed by atoms with Crippen molar-refractivity contribution < 1.29 is 29.6 Å². The normalized spacial score (nSPS) is 23.5. The number of morpholine rings is 1. The zero-order valence-corrected chi connectivity index (χ0v) is 19.8. The molecular formula is C24H33NO6S. The number of nitrogens with zero attached hydrogens (tertiary/aromatic N) is 1. The summed E-state index contributed by atoms with van der Waals surface area (Å²) in [5.41, 5.74) is 0.117. The molecule has 2 aliphatic rings. The van der Waals surface area contributed by atoms with Gasteiger partial charge in [-0.1, -0.05) is 31.1 Å². The summed E-state index contributed by atoms with van der Waals surface area (Å²) >= 11 is 1.08. The maximum atomic E-state index is 13.5. The van der Waals surface area contributed by atoms with Crippen molar-refractivity contribution in [2.75, 3.05) is 18.1 Å². The van der Waals surface area contributed by atoms with Crippen LogP contribution in [0.15, 0.2) is 6.07 Å². The van der Waals surface area contributed by atoms with E-state index in [1.165, 1.54) is 0 Å². The van der Waals surface area contributed by atoms with Gasteiger partial charge in [0.05, 0.1) is 35.9 Å². The number of aliphatic hydroxyl groups is 2. The van der Waals surface area contributed by atoms with Gasteiger partial charge in [-0.3, -0.25) is 4.79 Å². The maximum absolute atomic E-state index is 13.5. The lowest BCUT2D eigenvalue weighted by atomic mass is 9.82. The minimum Gasteiger partial charge on any atom is -0.477 e. The van der Waals surface area contributed by atoms with Crippen molar-refractivity contribution in [3.63, 3.8) is 0 Å². The first-order valence-electron chi connectivity index (χ1n) is 11.2. The van der Waals surface area contributed by atoms with Crippen LogP contribution in [0.1, 0.15) is 73.8 Å². The highest BCUT2D eigenvalue weighted by molar-refractivity contribution is 7.15. The molecule has 0 bridgehead atoms. The molecule has 3 rings (SSSR count). The Balaban J connectivity index is 2.02. The first-order valence-corrected chi connectivity index (χ1v) is 12.1. The molecule has 1 aromatic heterocycles. The number of aromatic carboxylic acids is 1. The number of amides is 1. The van der Waals surface area contributed by atoms with E-state index in [0.717, 1.165) is 43.4 Å². The lowest BCUT2D eigenvalue weighted by molar-refractivity contribution is -0.140. The second-order valence-electron chi connectivity index (χ2n) is 9.70.